The van der Waals surface area contributed by atoms with Crippen LogP contribution < -0.4 is 5.73 Å². The maximum atomic E-state index is 11.1. The summed E-state index contributed by atoms with van der Waals surface area (Å²) in [7, 11) is -2.93. The zero-order chi connectivity index (χ0) is 11.6. The largest absolute Gasteiger partial charge is 0.480 e. The van der Waals surface area contributed by atoms with Gasteiger partial charge >= 0.3 is 5.97 Å². The molecule has 0 spiro atoms. The van der Waals surface area contributed by atoms with E-state index in [2.05, 4.69) is 0 Å². The van der Waals surface area contributed by atoms with Crippen LogP contribution >= 0.6 is 0 Å². The van der Waals surface area contributed by atoms with E-state index in [-0.39, 0.29) is 17.5 Å². The summed E-state index contributed by atoms with van der Waals surface area (Å²) in [4.78, 5) is 12.4. The van der Waals surface area contributed by atoms with Crippen molar-refractivity contribution in [3.63, 3.8) is 0 Å². The standard InChI is InChI=1S/C8H16N2O4S/c1-6(7(9)8(11)12)10-2-4-15(13,14)5-3-10/h6-7H,2-5,9H2,1H3,(H,11,12). The Morgan fingerprint density at radius 1 is 1.40 bits per heavy atom. The predicted molar refractivity (Wildman–Crippen MR) is 55.3 cm³/mol. The van der Waals surface area contributed by atoms with Crippen LogP contribution in [0.5, 0.6) is 0 Å². The summed E-state index contributed by atoms with van der Waals surface area (Å²) >= 11 is 0. The van der Waals surface area contributed by atoms with Crippen molar-refractivity contribution >= 4 is 15.8 Å². The number of carbonyl (C=O) groups is 1. The van der Waals surface area contributed by atoms with Crippen LogP contribution in [0.1, 0.15) is 6.92 Å². The smallest absolute Gasteiger partial charge is 0.322 e. The van der Waals surface area contributed by atoms with Gasteiger partial charge in [-0.25, -0.2) is 8.42 Å². The lowest BCUT2D eigenvalue weighted by Gasteiger charge is -2.33. The molecule has 0 saturated carbocycles. The molecule has 7 heteroatoms. The lowest BCUT2D eigenvalue weighted by atomic mass is 10.1. The summed E-state index contributed by atoms with van der Waals surface area (Å²) in [5, 5.41) is 8.72. The van der Waals surface area contributed by atoms with Crippen molar-refractivity contribution < 1.29 is 18.3 Å². The fraction of sp³-hybridized carbons (Fsp3) is 0.875. The maximum Gasteiger partial charge on any atom is 0.322 e. The quantitative estimate of drug-likeness (QED) is 0.619. The highest BCUT2D eigenvalue weighted by Crippen LogP contribution is 2.09. The Bertz CT molecular complexity index is 327. The molecule has 1 heterocycles. The van der Waals surface area contributed by atoms with Gasteiger partial charge in [0.2, 0.25) is 0 Å². The van der Waals surface area contributed by atoms with Crippen LogP contribution in [-0.4, -0.2) is 61.1 Å². The minimum atomic E-state index is -2.93. The van der Waals surface area contributed by atoms with Gasteiger partial charge in [-0.3, -0.25) is 9.69 Å². The molecule has 0 aliphatic carbocycles. The normalized spacial score (nSPS) is 25.7. The van der Waals surface area contributed by atoms with E-state index in [0.717, 1.165) is 0 Å². The molecule has 2 unspecified atom stereocenters. The van der Waals surface area contributed by atoms with Crippen molar-refractivity contribution in [3.8, 4) is 0 Å². The third-order valence-electron chi connectivity index (χ3n) is 2.76. The van der Waals surface area contributed by atoms with Crippen LogP contribution in [0.15, 0.2) is 0 Å². The Balaban J connectivity index is 2.57. The molecule has 0 bridgehead atoms. The monoisotopic (exact) mass is 236 g/mol. The number of rotatable bonds is 3. The zero-order valence-corrected chi connectivity index (χ0v) is 9.40. The Morgan fingerprint density at radius 2 is 1.87 bits per heavy atom. The minimum absolute atomic E-state index is 0.0870. The topological polar surface area (TPSA) is 101 Å². The van der Waals surface area contributed by atoms with Crippen molar-refractivity contribution in [2.24, 2.45) is 5.73 Å². The van der Waals surface area contributed by atoms with Crippen molar-refractivity contribution in [1.29, 1.82) is 0 Å². The Morgan fingerprint density at radius 3 is 2.27 bits per heavy atom. The molecule has 1 aliphatic rings. The highest BCUT2D eigenvalue weighted by Gasteiger charge is 2.30. The SMILES string of the molecule is CC(C(N)C(=O)O)N1CCS(=O)(=O)CC1. The molecule has 0 amide bonds. The summed E-state index contributed by atoms with van der Waals surface area (Å²) in [6.45, 7) is 2.44. The second kappa shape index (κ2) is 4.46. The highest BCUT2D eigenvalue weighted by molar-refractivity contribution is 7.91. The molecule has 15 heavy (non-hydrogen) atoms. The number of hydrogen-bond donors (Lipinski definition) is 2. The van der Waals surface area contributed by atoms with Crippen LogP contribution in [-0.2, 0) is 14.6 Å². The molecule has 2 atom stereocenters. The first-order valence-electron chi connectivity index (χ1n) is 4.76. The maximum absolute atomic E-state index is 11.1. The van der Waals surface area contributed by atoms with Gasteiger partial charge in [-0.2, -0.15) is 0 Å². The van der Waals surface area contributed by atoms with Crippen LogP contribution in [0.2, 0.25) is 0 Å². The molecule has 0 radical (unpaired) electrons. The van der Waals surface area contributed by atoms with Gasteiger partial charge in [0.15, 0.2) is 9.84 Å². The van der Waals surface area contributed by atoms with Gasteiger partial charge in [-0.05, 0) is 6.92 Å². The van der Waals surface area contributed by atoms with Gasteiger partial charge in [0.1, 0.15) is 6.04 Å². The van der Waals surface area contributed by atoms with Crippen molar-refractivity contribution in [2.45, 2.75) is 19.0 Å². The highest BCUT2D eigenvalue weighted by atomic mass is 32.2. The second-order valence-electron chi connectivity index (χ2n) is 3.79. The number of nitrogens with two attached hydrogens (primary N) is 1. The summed E-state index contributed by atoms with van der Waals surface area (Å²) in [5.74, 6) is -0.885. The summed E-state index contributed by atoms with van der Waals surface area (Å²) in [6, 6.07) is -1.30. The van der Waals surface area contributed by atoms with Gasteiger partial charge in [-0.15, -0.1) is 0 Å². The summed E-state index contributed by atoms with van der Waals surface area (Å²) in [5.41, 5.74) is 5.47. The van der Waals surface area contributed by atoms with Gasteiger partial charge in [0.05, 0.1) is 11.5 Å². The number of carboxylic acids is 1. The lowest BCUT2D eigenvalue weighted by molar-refractivity contribution is -0.140. The van der Waals surface area contributed by atoms with E-state index in [1.807, 2.05) is 0 Å². The summed E-state index contributed by atoms with van der Waals surface area (Å²) in [6.07, 6.45) is 0. The Hall–Kier alpha value is -0.660. The third-order valence-corrected chi connectivity index (χ3v) is 4.37. The number of nitrogens with zero attached hydrogens (tertiary/aromatic N) is 1. The molecular formula is C8H16N2O4S. The molecular weight excluding hydrogens is 220 g/mol. The van der Waals surface area contributed by atoms with E-state index in [1.165, 1.54) is 0 Å². The van der Waals surface area contributed by atoms with Crippen molar-refractivity contribution in [3.05, 3.63) is 0 Å². The number of hydrogen-bond acceptors (Lipinski definition) is 5. The summed E-state index contributed by atoms with van der Waals surface area (Å²) < 4.78 is 22.3. The first-order valence-corrected chi connectivity index (χ1v) is 6.58. The fourth-order valence-electron chi connectivity index (χ4n) is 1.57. The molecule has 0 aromatic rings. The molecule has 1 rings (SSSR count). The van der Waals surface area contributed by atoms with Crippen molar-refractivity contribution in [1.82, 2.24) is 4.90 Å². The van der Waals surface area contributed by atoms with Gasteiger partial charge in [0.25, 0.3) is 0 Å². The van der Waals surface area contributed by atoms with Gasteiger partial charge < -0.3 is 10.8 Å². The van der Waals surface area contributed by atoms with E-state index in [4.69, 9.17) is 10.8 Å². The lowest BCUT2D eigenvalue weighted by Crippen LogP contribution is -2.54. The third kappa shape index (κ3) is 3.15. The Labute approximate surface area is 89.0 Å². The van der Waals surface area contributed by atoms with Gasteiger partial charge in [0, 0.05) is 19.1 Å². The molecule has 6 nitrogen and oxygen atoms in total. The van der Waals surface area contributed by atoms with Gasteiger partial charge in [-0.1, -0.05) is 0 Å². The fourth-order valence-corrected chi connectivity index (χ4v) is 2.80. The van der Waals surface area contributed by atoms with E-state index in [1.54, 1.807) is 11.8 Å². The molecule has 1 aliphatic heterocycles. The first-order chi connectivity index (χ1) is 6.83. The number of sulfone groups is 1. The number of aliphatic carboxylic acids is 1. The number of carboxylic acid groups (broad SMARTS) is 1. The molecule has 3 N–H and O–H groups in total. The van der Waals surface area contributed by atoms with Crippen LogP contribution in [0.25, 0.3) is 0 Å². The minimum Gasteiger partial charge on any atom is -0.480 e. The van der Waals surface area contributed by atoms with Crippen LogP contribution in [0.3, 0.4) is 0 Å². The van der Waals surface area contributed by atoms with E-state index in [0.29, 0.717) is 13.1 Å². The molecule has 0 aromatic carbocycles. The average molecular weight is 236 g/mol. The Kier molecular flexibility index (Phi) is 3.69. The van der Waals surface area contributed by atoms with Crippen LogP contribution in [0, 0.1) is 0 Å². The molecule has 1 saturated heterocycles. The van der Waals surface area contributed by atoms with Crippen molar-refractivity contribution in [2.75, 3.05) is 24.6 Å². The van der Waals surface area contributed by atoms with E-state index < -0.39 is 21.8 Å². The molecule has 0 aromatic heterocycles. The van der Waals surface area contributed by atoms with E-state index in [9.17, 15) is 13.2 Å². The van der Waals surface area contributed by atoms with Crippen LogP contribution in [0.4, 0.5) is 0 Å². The average Bonchev–Trinajstić information content (AvgIpc) is 2.15. The predicted octanol–water partition coefficient (Wildman–Crippen LogP) is -1.48. The molecule has 88 valence electrons. The first kappa shape index (κ1) is 12.4. The second-order valence-corrected chi connectivity index (χ2v) is 6.10. The molecule has 1 fully saturated rings. The van der Waals surface area contributed by atoms with E-state index >= 15 is 0 Å². The zero-order valence-electron chi connectivity index (χ0n) is 8.59.